The van der Waals surface area contributed by atoms with Crippen LogP contribution in [0.5, 0.6) is 5.75 Å². The summed E-state index contributed by atoms with van der Waals surface area (Å²) in [6, 6.07) is 13.4. The molecule has 1 amide bonds. The van der Waals surface area contributed by atoms with Crippen molar-refractivity contribution in [3.05, 3.63) is 82.7 Å². The molecule has 2 aromatic heterocycles. The monoisotopic (exact) mass is 449 g/mol. The maximum atomic E-state index is 13.3. The predicted molar refractivity (Wildman–Crippen MR) is 123 cm³/mol. The average Bonchev–Trinajstić information content (AvgIpc) is 3.47. The topological polar surface area (TPSA) is 71.4 Å². The van der Waals surface area contributed by atoms with Crippen molar-refractivity contribution in [1.29, 1.82) is 0 Å². The SMILES string of the molecule is COc1ccc2[nH]cc(C(=O)N3CCCC(c4ncc(Cc5ccc(Cl)cc5)o4)C3)c2c1. The molecule has 0 aliphatic carbocycles. The van der Waals surface area contributed by atoms with Crippen molar-refractivity contribution < 1.29 is 13.9 Å². The molecule has 2 aromatic carbocycles. The minimum absolute atomic E-state index is 0.0159. The van der Waals surface area contributed by atoms with Crippen LogP contribution < -0.4 is 4.74 Å². The molecule has 32 heavy (non-hydrogen) atoms. The lowest BCUT2D eigenvalue weighted by atomic mass is 9.97. The van der Waals surface area contributed by atoms with Crippen LogP contribution in [0, 0.1) is 0 Å². The Bertz CT molecular complexity index is 1250. The molecule has 164 valence electrons. The van der Waals surface area contributed by atoms with Gasteiger partial charge in [-0.05, 0) is 48.7 Å². The quantitative estimate of drug-likeness (QED) is 0.441. The van der Waals surface area contributed by atoms with E-state index in [0.717, 1.165) is 47.4 Å². The number of hydrogen-bond acceptors (Lipinski definition) is 4. The zero-order valence-electron chi connectivity index (χ0n) is 17.8. The Kier molecular flexibility index (Phi) is 5.62. The Morgan fingerprint density at radius 1 is 1.28 bits per heavy atom. The summed E-state index contributed by atoms with van der Waals surface area (Å²) < 4.78 is 11.4. The molecular weight excluding hydrogens is 426 g/mol. The van der Waals surface area contributed by atoms with E-state index in [1.807, 2.05) is 47.4 Å². The van der Waals surface area contributed by atoms with Crippen molar-refractivity contribution in [3.63, 3.8) is 0 Å². The van der Waals surface area contributed by atoms with Gasteiger partial charge in [0.15, 0.2) is 5.89 Å². The first-order valence-corrected chi connectivity index (χ1v) is 11.1. The van der Waals surface area contributed by atoms with Gasteiger partial charge in [0.25, 0.3) is 5.91 Å². The molecule has 1 aliphatic rings. The Hall–Kier alpha value is -3.25. The Labute approximate surface area is 191 Å². The highest BCUT2D eigenvalue weighted by Crippen LogP contribution is 2.30. The highest BCUT2D eigenvalue weighted by atomic mass is 35.5. The van der Waals surface area contributed by atoms with E-state index in [1.54, 1.807) is 19.5 Å². The molecule has 6 nitrogen and oxygen atoms in total. The normalized spacial score (nSPS) is 16.4. The Morgan fingerprint density at radius 2 is 2.12 bits per heavy atom. The van der Waals surface area contributed by atoms with E-state index in [-0.39, 0.29) is 11.8 Å². The van der Waals surface area contributed by atoms with Crippen LogP contribution in [0.2, 0.25) is 5.02 Å². The van der Waals surface area contributed by atoms with E-state index < -0.39 is 0 Å². The summed E-state index contributed by atoms with van der Waals surface area (Å²) in [5.41, 5.74) is 2.70. The molecule has 5 rings (SSSR count). The van der Waals surface area contributed by atoms with E-state index >= 15 is 0 Å². The highest BCUT2D eigenvalue weighted by Gasteiger charge is 2.29. The van der Waals surface area contributed by atoms with Gasteiger partial charge in [-0.2, -0.15) is 0 Å². The van der Waals surface area contributed by atoms with Crippen molar-refractivity contribution in [2.75, 3.05) is 20.2 Å². The summed E-state index contributed by atoms with van der Waals surface area (Å²) in [5, 5.41) is 1.59. The molecule has 0 bridgehead atoms. The smallest absolute Gasteiger partial charge is 0.256 e. The molecule has 1 N–H and O–H groups in total. The summed E-state index contributed by atoms with van der Waals surface area (Å²) >= 11 is 5.97. The number of amides is 1. The van der Waals surface area contributed by atoms with Gasteiger partial charge in [-0.3, -0.25) is 4.79 Å². The van der Waals surface area contributed by atoms with Crippen LogP contribution in [0.25, 0.3) is 10.9 Å². The number of benzene rings is 2. The number of hydrogen-bond donors (Lipinski definition) is 1. The Balaban J connectivity index is 1.31. The van der Waals surface area contributed by atoms with Crippen LogP contribution in [-0.2, 0) is 6.42 Å². The lowest BCUT2D eigenvalue weighted by molar-refractivity contribution is 0.0700. The minimum atomic E-state index is 0.0159. The van der Waals surface area contributed by atoms with Gasteiger partial charge in [-0.25, -0.2) is 4.98 Å². The maximum absolute atomic E-state index is 13.3. The lowest BCUT2D eigenvalue weighted by Gasteiger charge is -2.31. The third-order valence-electron chi connectivity index (χ3n) is 6.04. The van der Waals surface area contributed by atoms with E-state index in [2.05, 4.69) is 9.97 Å². The number of oxazole rings is 1. The van der Waals surface area contributed by atoms with Gasteiger partial charge in [0.2, 0.25) is 0 Å². The van der Waals surface area contributed by atoms with E-state index in [1.165, 1.54) is 0 Å². The van der Waals surface area contributed by atoms with Crippen LogP contribution in [-0.4, -0.2) is 41.0 Å². The molecule has 4 aromatic rings. The van der Waals surface area contributed by atoms with Gasteiger partial charge in [-0.1, -0.05) is 23.7 Å². The molecule has 1 aliphatic heterocycles. The number of methoxy groups -OCH3 is 1. The standard InChI is InChI=1S/C25H24ClN3O3/c1-31-19-8-9-23-21(12-19)22(14-27-23)25(30)29-10-2-3-17(15-29)24-28-13-20(32-24)11-16-4-6-18(26)7-5-16/h4-9,12-14,17,27H,2-3,10-11,15H2,1H3. The number of likely N-dealkylation sites (tertiary alicyclic amines) is 1. The fraction of sp³-hybridized carbons (Fsp3) is 0.280. The number of nitrogens with one attached hydrogen (secondary N) is 1. The number of aromatic nitrogens is 2. The second kappa shape index (κ2) is 8.71. The first-order valence-electron chi connectivity index (χ1n) is 10.7. The third kappa shape index (κ3) is 4.10. The summed E-state index contributed by atoms with van der Waals surface area (Å²) in [6.45, 7) is 1.32. The zero-order valence-corrected chi connectivity index (χ0v) is 18.6. The number of fused-ring (bicyclic) bond motifs is 1. The van der Waals surface area contributed by atoms with Crippen LogP contribution in [0.3, 0.4) is 0 Å². The number of H-pyrrole nitrogens is 1. The number of nitrogens with zero attached hydrogens (tertiary/aromatic N) is 2. The predicted octanol–water partition coefficient (Wildman–Crippen LogP) is 5.43. The summed E-state index contributed by atoms with van der Waals surface area (Å²) in [4.78, 5) is 23.0. The number of halogens is 1. The summed E-state index contributed by atoms with van der Waals surface area (Å²) in [6.07, 6.45) is 6.10. The second-order valence-electron chi connectivity index (χ2n) is 8.17. The van der Waals surface area contributed by atoms with Crippen LogP contribution in [0.15, 0.2) is 59.3 Å². The minimum Gasteiger partial charge on any atom is -0.497 e. The summed E-state index contributed by atoms with van der Waals surface area (Å²) in [7, 11) is 1.63. The molecule has 7 heteroatoms. The number of ether oxygens (including phenoxy) is 1. The molecule has 0 radical (unpaired) electrons. The molecular formula is C25H24ClN3O3. The molecule has 1 unspecified atom stereocenters. The number of carbonyl (C=O) groups is 1. The van der Waals surface area contributed by atoms with Gasteiger partial charge in [0.05, 0.1) is 24.8 Å². The first kappa shape index (κ1) is 20.6. The van der Waals surface area contributed by atoms with Crippen molar-refractivity contribution in [1.82, 2.24) is 14.9 Å². The zero-order chi connectivity index (χ0) is 22.1. The molecule has 1 atom stereocenters. The van der Waals surface area contributed by atoms with E-state index in [9.17, 15) is 4.79 Å². The van der Waals surface area contributed by atoms with Crippen molar-refractivity contribution in [2.45, 2.75) is 25.2 Å². The number of carbonyl (C=O) groups excluding carboxylic acids is 1. The number of rotatable bonds is 5. The van der Waals surface area contributed by atoms with Crippen molar-refractivity contribution in [3.8, 4) is 5.75 Å². The molecule has 0 saturated carbocycles. The van der Waals surface area contributed by atoms with Gasteiger partial charge < -0.3 is 19.0 Å². The van der Waals surface area contributed by atoms with E-state index in [4.69, 9.17) is 20.8 Å². The fourth-order valence-electron chi connectivity index (χ4n) is 4.33. The van der Waals surface area contributed by atoms with Gasteiger partial charge >= 0.3 is 0 Å². The fourth-order valence-corrected chi connectivity index (χ4v) is 4.46. The van der Waals surface area contributed by atoms with E-state index in [0.29, 0.717) is 29.4 Å². The van der Waals surface area contributed by atoms with Crippen molar-refractivity contribution in [2.24, 2.45) is 0 Å². The Morgan fingerprint density at radius 3 is 2.94 bits per heavy atom. The van der Waals surface area contributed by atoms with Crippen LogP contribution in [0.1, 0.15) is 46.3 Å². The largest absolute Gasteiger partial charge is 0.497 e. The molecule has 1 fully saturated rings. The summed E-state index contributed by atoms with van der Waals surface area (Å²) in [5.74, 6) is 2.35. The second-order valence-corrected chi connectivity index (χ2v) is 8.61. The maximum Gasteiger partial charge on any atom is 0.256 e. The average molecular weight is 450 g/mol. The third-order valence-corrected chi connectivity index (χ3v) is 6.29. The lowest BCUT2D eigenvalue weighted by Crippen LogP contribution is -2.39. The van der Waals surface area contributed by atoms with Gasteiger partial charge in [0, 0.05) is 41.6 Å². The van der Waals surface area contributed by atoms with Crippen molar-refractivity contribution >= 4 is 28.4 Å². The molecule has 0 spiro atoms. The van der Waals surface area contributed by atoms with Crippen LogP contribution in [0.4, 0.5) is 0 Å². The van der Waals surface area contributed by atoms with Gasteiger partial charge in [-0.15, -0.1) is 0 Å². The highest BCUT2D eigenvalue weighted by molar-refractivity contribution is 6.30. The number of aromatic amines is 1. The molecule has 3 heterocycles. The van der Waals surface area contributed by atoms with Gasteiger partial charge in [0.1, 0.15) is 11.5 Å². The number of piperidine rings is 1. The first-order chi connectivity index (χ1) is 15.6. The van der Waals surface area contributed by atoms with Crippen LogP contribution >= 0.6 is 11.6 Å². The molecule has 1 saturated heterocycles.